The van der Waals surface area contributed by atoms with E-state index in [0.717, 1.165) is 17.5 Å². The third kappa shape index (κ3) is 1.48. The molecule has 0 unspecified atom stereocenters. The minimum atomic E-state index is 0.803. The summed E-state index contributed by atoms with van der Waals surface area (Å²) in [7, 11) is 0. The lowest BCUT2D eigenvalue weighted by atomic mass is 9.99. The van der Waals surface area contributed by atoms with Crippen molar-refractivity contribution in [1.29, 1.82) is 5.26 Å². The van der Waals surface area contributed by atoms with Crippen LogP contribution in [0.5, 0.6) is 0 Å². The third-order valence-corrected chi connectivity index (χ3v) is 2.18. The molecule has 1 aromatic carbocycles. The van der Waals surface area contributed by atoms with E-state index in [1.807, 2.05) is 13.0 Å². The van der Waals surface area contributed by atoms with Gasteiger partial charge in [0.1, 0.15) is 0 Å². The lowest BCUT2D eigenvalue weighted by Crippen LogP contribution is -1.91. The molecule has 0 amide bonds. The maximum Gasteiger partial charge on any atom is 0.0994 e. The zero-order chi connectivity index (χ0) is 9.14. The number of nitriles is 1. The van der Waals surface area contributed by atoms with Crippen LogP contribution in [0.4, 0.5) is 0 Å². The van der Waals surface area contributed by atoms with Gasteiger partial charge in [-0.15, -0.1) is 0 Å². The maximum absolute atomic E-state index is 8.78. The average Bonchev–Trinajstić information content (AvgIpc) is 2.05. The Hall–Kier alpha value is -1.29. The Kier molecular flexibility index (Phi) is 2.50. The van der Waals surface area contributed by atoms with Crippen molar-refractivity contribution in [3.8, 4) is 6.07 Å². The number of hydrogen-bond donors (Lipinski definition) is 0. The third-order valence-electron chi connectivity index (χ3n) is 2.18. The van der Waals surface area contributed by atoms with Crippen molar-refractivity contribution in [3.63, 3.8) is 0 Å². The lowest BCUT2D eigenvalue weighted by Gasteiger charge is -2.05. The Labute approximate surface area is 73.6 Å². The molecule has 0 radical (unpaired) electrons. The fourth-order valence-electron chi connectivity index (χ4n) is 1.40. The Morgan fingerprint density at radius 1 is 1.25 bits per heavy atom. The van der Waals surface area contributed by atoms with Crippen LogP contribution in [0.1, 0.15) is 29.2 Å². The predicted molar refractivity (Wildman–Crippen MR) is 50.0 cm³/mol. The molecule has 62 valence electrons. The molecule has 0 spiro atoms. The van der Waals surface area contributed by atoms with Crippen molar-refractivity contribution in [2.24, 2.45) is 0 Å². The van der Waals surface area contributed by atoms with E-state index in [9.17, 15) is 0 Å². The van der Waals surface area contributed by atoms with E-state index in [-0.39, 0.29) is 0 Å². The quantitative estimate of drug-likeness (QED) is 0.618. The van der Waals surface area contributed by atoms with E-state index in [1.54, 1.807) is 0 Å². The molecule has 0 aliphatic carbocycles. The molecule has 0 N–H and O–H groups in total. The second-order valence-electron chi connectivity index (χ2n) is 3.06. The van der Waals surface area contributed by atoms with Crippen LogP contribution < -0.4 is 0 Å². The number of nitrogens with zero attached hydrogens (tertiary/aromatic N) is 1. The fourth-order valence-corrected chi connectivity index (χ4v) is 1.40. The molecular weight excluding hydrogens is 146 g/mol. The maximum atomic E-state index is 8.78. The molecule has 12 heavy (non-hydrogen) atoms. The van der Waals surface area contributed by atoms with Gasteiger partial charge < -0.3 is 0 Å². The zero-order valence-corrected chi connectivity index (χ0v) is 7.81. The lowest BCUT2D eigenvalue weighted by molar-refractivity contribution is 1.10. The highest BCUT2D eigenvalue weighted by Gasteiger charge is 2.01. The molecule has 0 bridgehead atoms. The summed E-state index contributed by atoms with van der Waals surface area (Å²) in [5.41, 5.74) is 4.44. The largest absolute Gasteiger partial charge is 0.192 e. The van der Waals surface area contributed by atoms with Gasteiger partial charge in [0, 0.05) is 0 Å². The number of benzene rings is 1. The van der Waals surface area contributed by atoms with Crippen LogP contribution in [0.3, 0.4) is 0 Å². The van der Waals surface area contributed by atoms with Crippen LogP contribution >= 0.6 is 0 Å². The van der Waals surface area contributed by atoms with Gasteiger partial charge in [0.25, 0.3) is 0 Å². The SMILES string of the molecule is CCc1cc(C#N)c(C)cc1C. The van der Waals surface area contributed by atoms with Crippen molar-refractivity contribution in [2.45, 2.75) is 27.2 Å². The van der Waals surface area contributed by atoms with Crippen LogP contribution in [0.15, 0.2) is 12.1 Å². The van der Waals surface area contributed by atoms with Crippen molar-refractivity contribution >= 4 is 0 Å². The Balaban J connectivity index is 3.30. The average molecular weight is 159 g/mol. The van der Waals surface area contributed by atoms with Crippen molar-refractivity contribution in [3.05, 3.63) is 34.4 Å². The van der Waals surface area contributed by atoms with Crippen LogP contribution in [-0.2, 0) is 6.42 Å². The standard InChI is InChI=1S/C11H13N/c1-4-10-6-11(7-12)9(3)5-8(10)2/h5-6H,4H2,1-3H3. The molecular formula is C11H13N. The minimum absolute atomic E-state index is 0.803. The second-order valence-corrected chi connectivity index (χ2v) is 3.06. The fraction of sp³-hybridized carbons (Fsp3) is 0.364. The van der Waals surface area contributed by atoms with Crippen molar-refractivity contribution in [2.75, 3.05) is 0 Å². The molecule has 1 nitrogen and oxygen atoms in total. The summed E-state index contributed by atoms with van der Waals surface area (Å²) in [6.07, 6.45) is 1.00. The van der Waals surface area contributed by atoms with Crippen LogP contribution in [0.25, 0.3) is 0 Å². The molecule has 0 fully saturated rings. The molecule has 0 saturated heterocycles. The Morgan fingerprint density at radius 2 is 1.92 bits per heavy atom. The van der Waals surface area contributed by atoms with Crippen LogP contribution in [-0.4, -0.2) is 0 Å². The highest BCUT2D eigenvalue weighted by molar-refractivity contribution is 5.43. The van der Waals surface area contributed by atoms with Crippen molar-refractivity contribution < 1.29 is 0 Å². The van der Waals surface area contributed by atoms with Gasteiger partial charge in [0.15, 0.2) is 0 Å². The van der Waals surface area contributed by atoms with E-state index in [2.05, 4.69) is 26.0 Å². The Bertz CT molecular complexity index is 332. The smallest absolute Gasteiger partial charge is 0.0994 e. The number of hydrogen-bond acceptors (Lipinski definition) is 1. The van der Waals surface area contributed by atoms with Gasteiger partial charge in [-0.25, -0.2) is 0 Å². The van der Waals surface area contributed by atoms with Gasteiger partial charge in [0.05, 0.1) is 11.6 Å². The topological polar surface area (TPSA) is 23.8 Å². The molecule has 0 atom stereocenters. The predicted octanol–water partition coefficient (Wildman–Crippen LogP) is 2.74. The van der Waals surface area contributed by atoms with E-state index < -0.39 is 0 Å². The normalized spacial score (nSPS) is 9.50. The molecule has 0 aromatic heterocycles. The number of aryl methyl sites for hydroxylation is 3. The van der Waals surface area contributed by atoms with Gasteiger partial charge in [-0.3, -0.25) is 0 Å². The summed E-state index contributed by atoms with van der Waals surface area (Å²) in [6.45, 7) is 6.18. The highest BCUT2D eigenvalue weighted by Crippen LogP contribution is 2.15. The van der Waals surface area contributed by atoms with Crippen molar-refractivity contribution in [1.82, 2.24) is 0 Å². The molecule has 0 aliphatic rings. The molecule has 1 heteroatoms. The monoisotopic (exact) mass is 159 g/mol. The van der Waals surface area contributed by atoms with Gasteiger partial charge in [-0.2, -0.15) is 5.26 Å². The summed E-state index contributed by atoms with van der Waals surface area (Å²) in [4.78, 5) is 0. The molecule has 1 rings (SSSR count). The summed E-state index contributed by atoms with van der Waals surface area (Å²) < 4.78 is 0. The zero-order valence-electron chi connectivity index (χ0n) is 7.81. The summed E-state index contributed by atoms with van der Waals surface area (Å²) in [6, 6.07) is 6.27. The van der Waals surface area contributed by atoms with E-state index >= 15 is 0 Å². The van der Waals surface area contributed by atoms with E-state index in [0.29, 0.717) is 0 Å². The van der Waals surface area contributed by atoms with E-state index in [4.69, 9.17) is 5.26 Å². The van der Waals surface area contributed by atoms with Gasteiger partial charge >= 0.3 is 0 Å². The number of rotatable bonds is 1. The highest BCUT2D eigenvalue weighted by atomic mass is 14.2. The summed E-state index contributed by atoms with van der Waals surface area (Å²) in [5.74, 6) is 0. The molecule has 0 aliphatic heterocycles. The molecule has 0 heterocycles. The van der Waals surface area contributed by atoms with Gasteiger partial charge in [-0.05, 0) is 43.0 Å². The minimum Gasteiger partial charge on any atom is -0.192 e. The van der Waals surface area contributed by atoms with Gasteiger partial charge in [-0.1, -0.05) is 13.0 Å². The Morgan fingerprint density at radius 3 is 2.42 bits per heavy atom. The first-order valence-corrected chi connectivity index (χ1v) is 4.19. The first-order valence-electron chi connectivity index (χ1n) is 4.19. The van der Waals surface area contributed by atoms with Gasteiger partial charge in [0.2, 0.25) is 0 Å². The summed E-state index contributed by atoms with van der Waals surface area (Å²) in [5, 5.41) is 8.78. The second kappa shape index (κ2) is 3.40. The molecule has 1 aromatic rings. The first kappa shape index (κ1) is 8.80. The molecule has 0 saturated carbocycles. The first-order chi connectivity index (χ1) is 5.69. The summed E-state index contributed by atoms with van der Waals surface area (Å²) >= 11 is 0. The van der Waals surface area contributed by atoms with Crippen LogP contribution in [0, 0.1) is 25.2 Å². The van der Waals surface area contributed by atoms with Crippen LogP contribution in [0.2, 0.25) is 0 Å². The van der Waals surface area contributed by atoms with E-state index in [1.165, 1.54) is 11.1 Å².